The second-order valence-corrected chi connectivity index (χ2v) is 3.68. The largest absolute Gasteiger partial charge is 0.375 e. The van der Waals surface area contributed by atoms with Gasteiger partial charge in [-0.15, -0.1) is 0 Å². The van der Waals surface area contributed by atoms with Crippen LogP contribution in [0, 0.1) is 6.07 Å². The van der Waals surface area contributed by atoms with Crippen molar-refractivity contribution in [1.82, 2.24) is 0 Å². The molecular formula is C11H13N2O. The fourth-order valence-electron chi connectivity index (χ4n) is 1.72. The Morgan fingerprint density at radius 3 is 3.21 bits per heavy atom. The summed E-state index contributed by atoms with van der Waals surface area (Å²) in [5, 5.41) is 3.15. The number of ketones is 1. The minimum atomic E-state index is -0.397. The predicted octanol–water partition coefficient (Wildman–Crippen LogP) is 0.740. The molecule has 0 spiro atoms. The molecular weight excluding hydrogens is 176 g/mol. The molecule has 14 heavy (non-hydrogen) atoms. The standard InChI is InChI=1S/C11H13N2O/c1-7(12)11(14)10-6-8-4-2-3-5-9(8)13-10/h2,4-5,7,10,13H,6,12H2,1H3/t7-,10?/m0/s1. The maximum atomic E-state index is 11.6. The molecule has 0 amide bonds. The van der Waals surface area contributed by atoms with Gasteiger partial charge in [0, 0.05) is 12.1 Å². The summed E-state index contributed by atoms with van der Waals surface area (Å²) >= 11 is 0. The fourth-order valence-corrected chi connectivity index (χ4v) is 1.72. The lowest BCUT2D eigenvalue weighted by Gasteiger charge is -2.12. The van der Waals surface area contributed by atoms with Crippen LogP contribution in [-0.4, -0.2) is 17.9 Å². The summed E-state index contributed by atoms with van der Waals surface area (Å²) in [5.74, 6) is 0.0706. The van der Waals surface area contributed by atoms with E-state index in [0.29, 0.717) is 0 Å². The molecule has 1 heterocycles. The normalized spacial score (nSPS) is 21.1. The van der Waals surface area contributed by atoms with Crippen molar-refractivity contribution in [3.8, 4) is 0 Å². The number of fused-ring (bicyclic) bond motifs is 1. The van der Waals surface area contributed by atoms with Crippen LogP contribution < -0.4 is 11.1 Å². The van der Waals surface area contributed by atoms with Crippen LogP contribution in [0.4, 0.5) is 5.69 Å². The number of hydrogen-bond acceptors (Lipinski definition) is 3. The average molecular weight is 189 g/mol. The van der Waals surface area contributed by atoms with Crippen molar-refractivity contribution in [3.63, 3.8) is 0 Å². The highest BCUT2D eigenvalue weighted by atomic mass is 16.1. The van der Waals surface area contributed by atoms with Crippen LogP contribution >= 0.6 is 0 Å². The van der Waals surface area contributed by atoms with Crippen molar-refractivity contribution in [2.75, 3.05) is 5.32 Å². The molecule has 1 aromatic rings. The number of rotatable bonds is 2. The molecule has 0 saturated carbocycles. The van der Waals surface area contributed by atoms with E-state index >= 15 is 0 Å². The van der Waals surface area contributed by atoms with Gasteiger partial charge in [-0.1, -0.05) is 12.1 Å². The molecule has 0 fully saturated rings. The Bertz CT molecular complexity index is 335. The Morgan fingerprint density at radius 2 is 2.57 bits per heavy atom. The van der Waals surface area contributed by atoms with E-state index in [1.165, 1.54) is 5.56 Å². The Hall–Kier alpha value is -1.35. The van der Waals surface area contributed by atoms with Gasteiger partial charge in [-0.3, -0.25) is 4.79 Å². The number of nitrogens with one attached hydrogen (secondary N) is 1. The molecule has 3 heteroatoms. The van der Waals surface area contributed by atoms with E-state index in [4.69, 9.17) is 5.73 Å². The van der Waals surface area contributed by atoms with E-state index in [0.717, 1.165) is 12.1 Å². The highest BCUT2D eigenvalue weighted by Crippen LogP contribution is 2.25. The monoisotopic (exact) mass is 189 g/mol. The van der Waals surface area contributed by atoms with Crippen LogP contribution in [0.5, 0.6) is 0 Å². The highest BCUT2D eigenvalue weighted by Gasteiger charge is 2.27. The lowest BCUT2D eigenvalue weighted by molar-refractivity contribution is -0.120. The van der Waals surface area contributed by atoms with Crippen molar-refractivity contribution in [2.24, 2.45) is 5.73 Å². The van der Waals surface area contributed by atoms with Gasteiger partial charge in [0.1, 0.15) is 0 Å². The third-order valence-corrected chi connectivity index (χ3v) is 2.50. The summed E-state index contributed by atoms with van der Waals surface area (Å²) in [6.45, 7) is 1.72. The lowest BCUT2D eigenvalue weighted by Crippen LogP contribution is -2.39. The second-order valence-electron chi connectivity index (χ2n) is 3.68. The Labute approximate surface area is 83.3 Å². The van der Waals surface area contributed by atoms with E-state index in [1.807, 2.05) is 18.2 Å². The maximum absolute atomic E-state index is 11.6. The molecule has 3 N–H and O–H groups in total. The number of carbonyl (C=O) groups is 1. The van der Waals surface area contributed by atoms with Gasteiger partial charge in [0.2, 0.25) is 0 Å². The first-order valence-corrected chi connectivity index (χ1v) is 4.73. The van der Waals surface area contributed by atoms with Crippen LogP contribution in [0.25, 0.3) is 0 Å². The van der Waals surface area contributed by atoms with E-state index in [1.54, 1.807) is 6.92 Å². The number of Topliss-reactive ketones (excluding diaryl/α,β-unsaturated/α-hetero) is 1. The van der Waals surface area contributed by atoms with Gasteiger partial charge in [-0.25, -0.2) is 0 Å². The van der Waals surface area contributed by atoms with Crippen LogP contribution in [0.15, 0.2) is 18.2 Å². The smallest absolute Gasteiger partial charge is 0.171 e. The number of anilines is 1. The first-order chi connectivity index (χ1) is 6.68. The van der Waals surface area contributed by atoms with Crippen molar-refractivity contribution in [3.05, 3.63) is 29.8 Å². The quantitative estimate of drug-likeness (QED) is 0.721. The molecule has 3 nitrogen and oxygen atoms in total. The van der Waals surface area contributed by atoms with Gasteiger partial charge >= 0.3 is 0 Å². The number of nitrogens with two attached hydrogens (primary N) is 1. The Morgan fingerprint density at radius 1 is 1.79 bits per heavy atom. The molecule has 73 valence electrons. The number of carbonyl (C=O) groups excluding carboxylic acids is 1. The van der Waals surface area contributed by atoms with Crippen molar-refractivity contribution in [2.45, 2.75) is 25.4 Å². The first-order valence-electron chi connectivity index (χ1n) is 4.73. The molecule has 2 rings (SSSR count). The number of benzene rings is 1. The van der Waals surface area contributed by atoms with Gasteiger partial charge in [-0.2, -0.15) is 0 Å². The Balaban J connectivity index is 2.16. The molecule has 1 unspecified atom stereocenters. The van der Waals surface area contributed by atoms with E-state index in [2.05, 4.69) is 11.4 Å². The molecule has 0 aromatic heterocycles. The van der Waals surface area contributed by atoms with E-state index < -0.39 is 6.04 Å². The van der Waals surface area contributed by atoms with Gasteiger partial charge < -0.3 is 11.1 Å². The van der Waals surface area contributed by atoms with Crippen LogP contribution in [0.2, 0.25) is 0 Å². The highest BCUT2D eigenvalue weighted by molar-refractivity contribution is 5.92. The van der Waals surface area contributed by atoms with Gasteiger partial charge in [-0.05, 0) is 24.6 Å². The minimum absolute atomic E-state index is 0.0706. The van der Waals surface area contributed by atoms with Crippen molar-refractivity contribution in [1.29, 1.82) is 0 Å². The van der Waals surface area contributed by atoms with Gasteiger partial charge in [0.15, 0.2) is 5.78 Å². The zero-order chi connectivity index (χ0) is 10.1. The topological polar surface area (TPSA) is 55.1 Å². The molecule has 2 atom stereocenters. The summed E-state index contributed by atoms with van der Waals surface area (Å²) in [6.07, 6.45) is 0.740. The second kappa shape index (κ2) is 3.42. The zero-order valence-corrected chi connectivity index (χ0v) is 8.08. The van der Waals surface area contributed by atoms with E-state index in [-0.39, 0.29) is 11.8 Å². The molecule has 1 aromatic carbocycles. The third-order valence-electron chi connectivity index (χ3n) is 2.50. The minimum Gasteiger partial charge on any atom is -0.375 e. The summed E-state index contributed by atoms with van der Waals surface area (Å²) in [4.78, 5) is 11.6. The SMILES string of the molecule is C[C@H](N)C(=O)C1Cc2cc[c]cc2N1. The molecule has 0 aliphatic carbocycles. The van der Waals surface area contributed by atoms with Crippen molar-refractivity contribution >= 4 is 11.5 Å². The Kier molecular flexibility index (Phi) is 2.25. The summed E-state index contributed by atoms with van der Waals surface area (Å²) < 4.78 is 0. The van der Waals surface area contributed by atoms with Crippen molar-refractivity contribution < 1.29 is 4.79 Å². The van der Waals surface area contributed by atoms with Gasteiger partial charge in [0.25, 0.3) is 0 Å². The lowest BCUT2D eigenvalue weighted by atomic mass is 10.0. The summed E-state index contributed by atoms with van der Waals surface area (Å²) in [7, 11) is 0. The van der Waals surface area contributed by atoms with Gasteiger partial charge in [0.05, 0.1) is 12.1 Å². The molecule has 0 saturated heterocycles. The average Bonchev–Trinajstić information content (AvgIpc) is 2.59. The predicted molar refractivity (Wildman–Crippen MR) is 55.0 cm³/mol. The number of hydrogen-bond donors (Lipinski definition) is 2. The van der Waals surface area contributed by atoms with Crippen LogP contribution in [-0.2, 0) is 11.2 Å². The van der Waals surface area contributed by atoms with E-state index in [9.17, 15) is 4.79 Å². The van der Waals surface area contributed by atoms with Crippen LogP contribution in [0.3, 0.4) is 0 Å². The summed E-state index contributed by atoms with van der Waals surface area (Å²) in [5.41, 5.74) is 7.73. The molecule has 1 radical (unpaired) electrons. The summed E-state index contributed by atoms with van der Waals surface area (Å²) in [6, 6.07) is 8.14. The maximum Gasteiger partial charge on any atom is 0.171 e. The van der Waals surface area contributed by atoms with Crippen LogP contribution in [0.1, 0.15) is 12.5 Å². The fraction of sp³-hybridized carbons (Fsp3) is 0.364. The first kappa shape index (κ1) is 9.21. The zero-order valence-electron chi connectivity index (χ0n) is 8.08. The third kappa shape index (κ3) is 1.51. The molecule has 0 bridgehead atoms. The molecule has 1 aliphatic heterocycles. The molecule has 1 aliphatic rings.